The molecule has 0 unspecified atom stereocenters. The van der Waals surface area contributed by atoms with E-state index in [1.54, 1.807) is 24.8 Å². The largest absolute Gasteiger partial charge is 4.00 e. The Morgan fingerprint density at radius 2 is 0.769 bits per heavy atom. The van der Waals surface area contributed by atoms with E-state index < -0.39 is 0 Å². The molecule has 0 N–H and O–H groups in total. The van der Waals surface area contributed by atoms with Crippen molar-refractivity contribution in [1.29, 1.82) is 0 Å². The molecule has 0 fully saturated rings. The van der Waals surface area contributed by atoms with Gasteiger partial charge in [-0.15, -0.1) is 0 Å². The van der Waals surface area contributed by atoms with E-state index in [9.17, 15) is 0 Å². The molecule has 2 aromatic heterocycles. The number of pyridine rings is 2. The van der Waals surface area contributed by atoms with Crippen LogP contribution < -0.4 is 0 Å². The van der Waals surface area contributed by atoms with Crippen LogP contribution >= 0.6 is 0 Å². The van der Waals surface area contributed by atoms with E-state index in [-0.39, 0.29) is 21.1 Å². The minimum absolute atomic E-state index is 0. The van der Waals surface area contributed by atoms with Crippen LogP contribution in [-0.4, -0.2) is 9.97 Å². The van der Waals surface area contributed by atoms with E-state index in [2.05, 4.69) is 9.97 Å². The first-order valence-corrected chi connectivity index (χ1v) is 3.70. The summed E-state index contributed by atoms with van der Waals surface area (Å²) in [5.41, 5.74) is 0. The number of hydrogen-bond acceptors (Lipinski definition) is 2. The predicted octanol–water partition coefficient (Wildman–Crippen LogP) is 2.16. The number of aromatic nitrogens is 2. The summed E-state index contributed by atoms with van der Waals surface area (Å²) in [7, 11) is 0. The second kappa shape index (κ2) is 9.08. The predicted molar refractivity (Wildman–Crippen MR) is 48.5 cm³/mol. The van der Waals surface area contributed by atoms with Crippen LogP contribution in [0.5, 0.6) is 0 Å². The maximum Gasteiger partial charge on any atom is 4.00 e. The molecule has 2 heterocycles. The van der Waals surface area contributed by atoms with Gasteiger partial charge >= 0.3 is 21.1 Å². The van der Waals surface area contributed by atoms with Gasteiger partial charge in [0.15, 0.2) is 0 Å². The second-order valence-electron chi connectivity index (χ2n) is 2.05. The van der Waals surface area contributed by atoms with Gasteiger partial charge in [0.25, 0.3) is 0 Å². The molecule has 0 aliphatic rings. The molecule has 0 amide bonds. The molecule has 62 valence electrons. The molecule has 0 saturated carbocycles. The van der Waals surface area contributed by atoms with E-state index in [1.165, 1.54) is 0 Å². The molecule has 2 aromatic rings. The molecule has 3 heteroatoms. The Morgan fingerprint density at radius 1 is 0.462 bits per heavy atom. The summed E-state index contributed by atoms with van der Waals surface area (Å²) >= 11 is 0. The minimum Gasteiger partial charge on any atom is -0.265 e. The van der Waals surface area contributed by atoms with Crippen LogP contribution in [0.3, 0.4) is 0 Å². The van der Waals surface area contributed by atoms with Crippen molar-refractivity contribution in [2.24, 2.45) is 0 Å². The van der Waals surface area contributed by atoms with Crippen LogP contribution in [0.15, 0.2) is 61.2 Å². The van der Waals surface area contributed by atoms with E-state index in [0.29, 0.717) is 0 Å². The van der Waals surface area contributed by atoms with Crippen molar-refractivity contribution in [2.75, 3.05) is 0 Å². The molecule has 0 bridgehead atoms. The van der Waals surface area contributed by atoms with Gasteiger partial charge in [-0.05, 0) is 24.3 Å². The smallest absolute Gasteiger partial charge is 0.265 e. The Labute approximate surface area is 92.3 Å². The van der Waals surface area contributed by atoms with E-state index in [4.69, 9.17) is 0 Å². The Balaban J connectivity index is 0.000000206. The molecule has 0 atom stereocenters. The van der Waals surface area contributed by atoms with Gasteiger partial charge in [-0.1, -0.05) is 12.1 Å². The van der Waals surface area contributed by atoms with Gasteiger partial charge in [0.2, 0.25) is 0 Å². The van der Waals surface area contributed by atoms with Crippen LogP contribution in [-0.2, 0) is 21.1 Å². The van der Waals surface area contributed by atoms with E-state index in [0.717, 1.165) is 0 Å². The van der Waals surface area contributed by atoms with Gasteiger partial charge in [0.05, 0.1) is 0 Å². The summed E-state index contributed by atoms with van der Waals surface area (Å²) in [5, 5.41) is 0. The fraction of sp³-hybridized carbons (Fsp3) is 0. The average Bonchev–Trinajstić information content (AvgIpc) is 2.24. The van der Waals surface area contributed by atoms with Crippen molar-refractivity contribution in [1.82, 2.24) is 9.97 Å². The summed E-state index contributed by atoms with van der Waals surface area (Å²) in [4.78, 5) is 7.57. The average molecular weight is 254 g/mol. The molecular formula is C10H10MoN2+4. The summed E-state index contributed by atoms with van der Waals surface area (Å²) in [5.74, 6) is 0. The third-order valence-corrected chi connectivity index (χ3v) is 1.13. The Kier molecular flexibility index (Phi) is 8.37. The molecule has 0 spiro atoms. The van der Waals surface area contributed by atoms with Gasteiger partial charge < -0.3 is 0 Å². The minimum atomic E-state index is 0. The molecule has 0 aliphatic heterocycles. The summed E-state index contributed by atoms with van der Waals surface area (Å²) in [6.45, 7) is 0. The third kappa shape index (κ3) is 7.35. The molecule has 2 nitrogen and oxygen atoms in total. The normalized spacial score (nSPS) is 7.38. The Bertz CT molecular complexity index is 188. The van der Waals surface area contributed by atoms with Crippen molar-refractivity contribution in [3.63, 3.8) is 0 Å². The van der Waals surface area contributed by atoms with Crippen LogP contribution in [0.25, 0.3) is 0 Å². The van der Waals surface area contributed by atoms with Gasteiger partial charge in [0.1, 0.15) is 0 Å². The number of nitrogens with zero attached hydrogens (tertiary/aromatic N) is 2. The van der Waals surface area contributed by atoms with Crippen molar-refractivity contribution >= 4 is 0 Å². The van der Waals surface area contributed by atoms with Crippen molar-refractivity contribution in [3.8, 4) is 0 Å². The third-order valence-electron chi connectivity index (χ3n) is 1.13. The van der Waals surface area contributed by atoms with Gasteiger partial charge in [-0.3, -0.25) is 9.97 Å². The van der Waals surface area contributed by atoms with Crippen molar-refractivity contribution in [2.45, 2.75) is 0 Å². The molecule has 2 rings (SSSR count). The number of rotatable bonds is 0. The standard InChI is InChI=1S/2C5H5N.Mo/c2*1-2-4-6-5-3-1;/h2*1-5H;/q;;+4. The zero-order valence-corrected chi connectivity index (χ0v) is 9.08. The zero-order chi connectivity index (χ0) is 8.49. The van der Waals surface area contributed by atoms with Gasteiger partial charge in [-0.25, -0.2) is 0 Å². The Morgan fingerprint density at radius 3 is 0.846 bits per heavy atom. The topological polar surface area (TPSA) is 25.8 Å². The first kappa shape index (κ1) is 12.0. The van der Waals surface area contributed by atoms with Crippen LogP contribution in [0.4, 0.5) is 0 Å². The SMILES string of the molecule is [Mo+4].c1ccncc1.c1ccncc1. The fourth-order valence-corrected chi connectivity index (χ4v) is 0.625. The summed E-state index contributed by atoms with van der Waals surface area (Å²) in [6.07, 6.45) is 7.00. The van der Waals surface area contributed by atoms with E-state index >= 15 is 0 Å². The molecule has 0 radical (unpaired) electrons. The molecule has 0 aliphatic carbocycles. The first-order valence-electron chi connectivity index (χ1n) is 3.70. The Hall–Kier alpha value is -1.01. The van der Waals surface area contributed by atoms with Crippen LogP contribution in [0, 0.1) is 0 Å². The molecule has 0 aromatic carbocycles. The van der Waals surface area contributed by atoms with Crippen molar-refractivity contribution in [3.05, 3.63) is 61.2 Å². The monoisotopic (exact) mass is 256 g/mol. The molecule has 0 saturated heterocycles. The quantitative estimate of drug-likeness (QED) is 0.673. The van der Waals surface area contributed by atoms with Gasteiger partial charge in [0, 0.05) is 24.8 Å². The van der Waals surface area contributed by atoms with Crippen molar-refractivity contribution < 1.29 is 21.1 Å². The van der Waals surface area contributed by atoms with E-state index in [1.807, 2.05) is 36.4 Å². The van der Waals surface area contributed by atoms with Crippen LogP contribution in [0.1, 0.15) is 0 Å². The molecular weight excluding hydrogens is 244 g/mol. The van der Waals surface area contributed by atoms with Gasteiger partial charge in [-0.2, -0.15) is 0 Å². The summed E-state index contributed by atoms with van der Waals surface area (Å²) in [6, 6.07) is 11.4. The summed E-state index contributed by atoms with van der Waals surface area (Å²) < 4.78 is 0. The number of hydrogen-bond donors (Lipinski definition) is 0. The maximum absolute atomic E-state index is 3.78. The second-order valence-corrected chi connectivity index (χ2v) is 2.05. The fourth-order valence-electron chi connectivity index (χ4n) is 0.625. The first-order chi connectivity index (χ1) is 6.00. The van der Waals surface area contributed by atoms with Crippen LogP contribution in [0.2, 0.25) is 0 Å². The zero-order valence-electron chi connectivity index (χ0n) is 7.08. The maximum atomic E-state index is 3.78. The molecule has 13 heavy (non-hydrogen) atoms.